The van der Waals surface area contributed by atoms with Gasteiger partial charge in [-0.1, -0.05) is 32.4 Å². The molecule has 1 N–H and O–H groups in total. The molecule has 18 heavy (non-hydrogen) atoms. The molecule has 100 valence electrons. The summed E-state index contributed by atoms with van der Waals surface area (Å²) in [5.74, 6) is 1.92. The Balaban J connectivity index is 1.75. The number of nitrogens with one attached hydrogen (secondary N) is 1. The monoisotopic (exact) mass is 247 g/mol. The third kappa shape index (κ3) is 4.02. The molecule has 0 aliphatic heterocycles. The first kappa shape index (κ1) is 13.4. The fourth-order valence-electron chi connectivity index (χ4n) is 2.40. The third-order valence-corrected chi connectivity index (χ3v) is 3.52. The Morgan fingerprint density at radius 1 is 1.28 bits per heavy atom. The van der Waals surface area contributed by atoms with Gasteiger partial charge >= 0.3 is 0 Å². The molecule has 1 fully saturated rings. The molecule has 1 saturated carbocycles. The predicted molar refractivity (Wildman–Crippen MR) is 75.9 cm³/mol. The number of hydrogen-bond donors (Lipinski definition) is 1. The van der Waals surface area contributed by atoms with E-state index in [2.05, 4.69) is 37.4 Å². The van der Waals surface area contributed by atoms with Gasteiger partial charge in [0.25, 0.3) is 0 Å². The van der Waals surface area contributed by atoms with Gasteiger partial charge in [-0.3, -0.25) is 0 Å². The van der Waals surface area contributed by atoms with Gasteiger partial charge in [-0.05, 0) is 42.9 Å². The summed E-state index contributed by atoms with van der Waals surface area (Å²) in [6.45, 7) is 6.17. The van der Waals surface area contributed by atoms with Gasteiger partial charge in [-0.2, -0.15) is 0 Å². The van der Waals surface area contributed by atoms with Crippen LogP contribution in [0.3, 0.4) is 0 Å². The Bertz CT molecular complexity index is 364. The van der Waals surface area contributed by atoms with E-state index in [0.29, 0.717) is 0 Å². The lowest BCUT2D eigenvalue weighted by Crippen LogP contribution is -2.17. The largest absolute Gasteiger partial charge is 0.494 e. The minimum absolute atomic E-state index is 0.755. The fourth-order valence-corrected chi connectivity index (χ4v) is 2.40. The van der Waals surface area contributed by atoms with E-state index < -0.39 is 0 Å². The molecule has 0 spiro atoms. The van der Waals surface area contributed by atoms with Crippen molar-refractivity contribution in [2.45, 2.75) is 52.1 Å². The smallest absolute Gasteiger partial charge is 0.119 e. The molecule has 2 unspecified atom stereocenters. The van der Waals surface area contributed by atoms with E-state index in [9.17, 15) is 0 Å². The molecule has 1 aliphatic rings. The van der Waals surface area contributed by atoms with Crippen LogP contribution in [0.25, 0.3) is 0 Å². The van der Waals surface area contributed by atoms with Crippen LogP contribution in [0.5, 0.6) is 5.75 Å². The van der Waals surface area contributed by atoms with E-state index in [1.54, 1.807) is 0 Å². The molecular formula is C16H25NO. The zero-order valence-corrected chi connectivity index (χ0v) is 11.6. The molecule has 2 atom stereocenters. The first-order valence-corrected chi connectivity index (χ1v) is 7.28. The molecule has 0 amide bonds. The minimum atomic E-state index is 0.755. The molecule has 0 heterocycles. The molecular weight excluding hydrogens is 222 g/mol. The maximum Gasteiger partial charge on any atom is 0.119 e. The van der Waals surface area contributed by atoms with Crippen molar-refractivity contribution in [2.75, 3.05) is 6.61 Å². The summed E-state index contributed by atoms with van der Waals surface area (Å²) in [6, 6.07) is 9.20. The van der Waals surface area contributed by atoms with Crippen molar-refractivity contribution in [3.63, 3.8) is 0 Å². The molecule has 2 heteroatoms. The second-order valence-electron chi connectivity index (χ2n) is 5.27. The molecule has 1 aromatic rings. The van der Waals surface area contributed by atoms with Crippen molar-refractivity contribution in [3.8, 4) is 5.75 Å². The Morgan fingerprint density at radius 2 is 2.17 bits per heavy atom. The highest BCUT2D eigenvalue weighted by molar-refractivity contribution is 5.28. The van der Waals surface area contributed by atoms with E-state index in [0.717, 1.165) is 37.3 Å². The van der Waals surface area contributed by atoms with Gasteiger partial charge in [-0.15, -0.1) is 0 Å². The van der Waals surface area contributed by atoms with Crippen LogP contribution in [0.1, 0.15) is 45.1 Å². The SMILES string of the molecule is CCCOc1cccc(CNC2CC2CCC)c1. The first-order valence-electron chi connectivity index (χ1n) is 7.28. The van der Waals surface area contributed by atoms with Crippen molar-refractivity contribution in [1.29, 1.82) is 0 Å². The highest BCUT2D eigenvalue weighted by Gasteiger charge is 2.35. The second kappa shape index (κ2) is 6.79. The van der Waals surface area contributed by atoms with E-state index in [-0.39, 0.29) is 0 Å². The maximum absolute atomic E-state index is 5.65. The molecule has 2 rings (SSSR count). The van der Waals surface area contributed by atoms with Crippen molar-refractivity contribution in [3.05, 3.63) is 29.8 Å². The van der Waals surface area contributed by atoms with E-state index in [1.807, 2.05) is 6.07 Å². The number of benzene rings is 1. The number of hydrogen-bond acceptors (Lipinski definition) is 2. The van der Waals surface area contributed by atoms with Crippen LogP contribution in [0, 0.1) is 5.92 Å². The highest BCUT2D eigenvalue weighted by Crippen LogP contribution is 2.34. The lowest BCUT2D eigenvalue weighted by atomic mass is 10.2. The van der Waals surface area contributed by atoms with Gasteiger partial charge in [0, 0.05) is 12.6 Å². The standard InChI is InChI=1S/C16H25NO/c1-3-6-14-11-16(14)17-12-13-7-5-8-15(10-13)18-9-4-2/h5,7-8,10,14,16-17H,3-4,6,9,11-12H2,1-2H3. The van der Waals surface area contributed by atoms with Crippen LogP contribution in [0.4, 0.5) is 0 Å². The average molecular weight is 247 g/mol. The normalized spacial score (nSPS) is 21.9. The van der Waals surface area contributed by atoms with Gasteiger partial charge in [-0.25, -0.2) is 0 Å². The summed E-state index contributed by atoms with van der Waals surface area (Å²) in [6.07, 6.45) is 5.10. The molecule has 0 aromatic heterocycles. The van der Waals surface area contributed by atoms with Crippen LogP contribution >= 0.6 is 0 Å². The Kier molecular flexibility index (Phi) is 5.06. The van der Waals surface area contributed by atoms with Gasteiger partial charge in [0.15, 0.2) is 0 Å². The Labute approximate surface area is 111 Å². The number of rotatable bonds is 8. The van der Waals surface area contributed by atoms with Crippen LogP contribution in [0.2, 0.25) is 0 Å². The molecule has 1 aromatic carbocycles. The topological polar surface area (TPSA) is 21.3 Å². The summed E-state index contributed by atoms with van der Waals surface area (Å²) < 4.78 is 5.65. The van der Waals surface area contributed by atoms with Gasteiger partial charge in [0.1, 0.15) is 5.75 Å². The van der Waals surface area contributed by atoms with Crippen LogP contribution < -0.4 is 10.1 Å². The maximum atomic E-state index is 5.65. The quantitative estimate of drug-likeness (QED) is 0.755. The molecule has 0 radical (unpaired) electrons. The fraction of sp³-hybridized carbons (Fsp3) is 0.625. The zero-order chi connectivity index (χ0) is 12.8. The summed E-state index contributed by atoms with van der Waals surface area (Å²) in [5.41, 5.74) is 1.32. The lowest BCUT2D eigenvalue weighted by molar-refractivity contribution is 0.317. The summed E-state index contributed by atoms with van der Waals surface area (Å²) in [5, 5.41) is 3.64. The molecule has 2 nitrogen and oxygen atoms in total. The minimum Gasteiger partial charge on any atom is -0.494 e. The van der Waals surface area contributed by atoms with E-state index >= 15 is 0 Å². The first-order chi connectivity index (χ1) is 8.83. The van der Waals surface area contributed by atoms with Crippen LogP contribution in [-0.2, 0) is 6.54 Å². The number of ether oxygens (including phenoxy) is 1. The highest BCUT2D eigenvalue weighted by atomic mass is 16.5. The summed E-state index contributed by atoms with van der Waals surface area (Å²) >= 11 is 0. The predicted octanol–water partition coefficient (Wildman–Crippen LogP) is 3.75. The zero-order valence-electron chi connectivity index (χ0n) is 11.6. The molecule has 1 aliphatic carbocycles. The van der Waals surface area contributed by atoms with Crippen LogP contribution in [0.15, 0.2) is 24.3 Å². The lowest BCUT2D eigenvalue weighted by Gasteiger charge is -2.08. The summed E-state index contributed by atoms with van der Waals surface area (Å²) in [7, 11) is 0. The van der Waals surface area contributed by atoms with Crippen molar-refractivity contribution in [1.82, 2.24) is 5.32 Å². The summed E-state index contributed by atoms with van der Waals surface area (Å²) in [4.78, 5) is 0. The van der Waals surface area contributed by atoms with Gasteiger partial charge in [0.05, 0.1) is 6.61 Å². The Hall–Kier alpha value is -1.02. The average Bonchev–Trinajstić information content (AvgIpc) is 3.13. The Morgan fingerprint density at radius 3 is 2.94 bits per heavy atom. The molecule has 0 saturated heterocycles. The van der Waals surface area contributed by atoms with E-state index in [1.165, 1.54) is 24.8 Å². The van der Waals surface area contributed by atoms with Crippen molar-refractivity contribution >= 4 is 0 Å². The van der Waals surface area contributed by atoms with Gasteiger partial charge in [0.2, 0.25) is 0 Å². The van der Waals surface area contributed by atoms with E-state index in [4.69, 9.17) is 4.74 Å². The van der Waals surface area contributed by atoms with Crippen LogP contribution in [-0.4, -0.2) is 12.6 Å². The molecule has 0 bridgehead atoms. The second-order valence-corrected chi connectivity index (χ2v) is 5.27. The van der Waals surface area contributed by atoms with Gasteiger partial charge < -0.3 is 10.1 Å². The van der Waals surface area contributed by atoms with Crippen molar-refractivity contribution in [2.24, 2.45) is 5.92 Å². The third-order valence-electron chi connectivity index (χ3n) is 3.52. The van der Waals surface area contributed by atoms with Crippen molar-refractivity contribution < 1.29 is 4.74 Å².